The van der Waals surface area contributed by atoms with Gasteiger partial charge in [0.2, 0.25) is 5.78 Å². The number of benzene rings is 1. The predicted octanol–water partition coefficient (Wildman–Crippen LogP) is 3.44. The lowest BCUT2D eigenvalue weighted by Crippen LogP contribution is -2.25. The van der Waals surface area contributed by atoms with E-state index in [2.05, 4.69) is 9.97 Å². The SMILES string of the molecule is CC(=O)c1c[nH]c(C(=O)O[C@@H](C)C(=O)c2c(C)[nH]c3ccccc23)c1. The molecule has 2 N–H and O–H groups in total. The average Bonchev–Trinajstić information content (AvgIpc) is 3.18. The van der Waals surface area contributed by atoms with Gasteiger partial charge in [-0.25, -0.2) is 4.79 Å². The molecule has 0 saturated heterocycles. The molecule has 6 heteroatoms. The van der Waals surface area contributed by atoms with E-state index >= 15 is 0 Å². The first-order valence-corrected chi connectivity index (χ1v) is 7.90. The second-order valence-corrected chi connectivity index (χ2v) is 5.94. The van der Waals surface area contributed by atoms with Gasteiger partial charge in [0.25, 0.3) is 0 Å². The molecule has 25 heavy (non-hydrogen) atoms. The van der Waals surface area contributed by atoms with Gasteiger partial charge >= 0.3 is 5.97 Å². The van der Waals surface area contributed by atoms with Crippen LogP contribution in [-0.4, -0.2) is 33.6 Å². The Morgan fingerprint density at radius 1 is 1.16 bits per heavy atom. The minimum atomic E-state index is -0.950. The number of fused-ring (bicyclic) bond motifs is 1. The molecule has 0 aliphatic rings. The van der Waals surface area contributed by atoms with Crippen LogP contribution in [0.15, 0.2) is 36.5 Å². The summed E-state index contributed by atoms with van der Waals surface area (Å²) in [6.45, 7) is 4.76. The van der Waals surface area contributed by atoms with E-state index in [1.165, 1.54) is 26.1 Å². The van der Waals surface area contributed by atoms with Crippen LogP contribution in [0.4, 0.5) is 0 Å². The number of aromatic nitrogens is 2. The van der Waals surface area contributed by atoms with Gasteiger partial charge < -0.3 is 14.7 Å². The van der Waals surface area contributed by atoms with E-state index < -0.39 is 12.1 Å². The molecule has 0 amide bonds. The molecular weight excluding hydrogens is 320 g/mol. The first-order chi connectivity index (χ1) is 11.9. The fourth-order valence-electron chi connectivity index (χ4n) is 2.79. The zero-order valence-electron chi connectivity index (χ0n) is 14.2. The molecule has 0 unspecified atom stereocenters. The number of nitrogens with one attached hydrogen (secondary N) is 2. The van der Waals surface area contributed by atoms with Gasteiger partial charge in [-0.3, -0.25) is 9.59 Å². The summed E-state index contributed by atoms with van der Waals surface area (Å²) in [7, 11) is 0. The quantitative estimate of drug-likeness (QED) is 0.550. The van der Waals surface area contributed by atoms with E-state index in [4.69, 9.17) is 4.74 Å². The van der Waals surface area contributed by atoms with Gasteiger partial charge in [-0.2, -0.15) is 0 Å². The highest BCUT2D eigenvalue weighted by Gasteiger charge is 2.25. The number of para-hydroxylation sites is 1. The zero-order valence-corrected chi connectivity index (χ0v) is 14.2. The maximum absolute atomic E-state index is 12.8. The van der Waals surface area contributed by atoms with Crippen molar-refractivity contribution in [2.75, 3.05) is 0 Å². The molecular formula is C19H18N2O4. The van der Waals surface area contributed by atoms with Crippen molar-refractivity contribution in [1.82, 2.24) is 9.97 Å². The van der Waals surface area contributed by atoms with E-state index in [0.717, 1.165) is 16.6 Å². The number of ketones is 2. The number of rotatable bonds is 5. The van der Waals surface area contributed by atoms with Crippen LogP contribution in [-0.2, 0) is 4.74 Å². The summed E-state index contributed by atoms with van der Waals surface area (Å²) in [5.41, 5.74) is 2.64. The molecule has 2 aromatic heterocycles. The Morgan fingerprint density at radius 2 is 1.88 bits per heavy atom. The molecule has 1 atom stereocenters. The number of hydrogen-bond acceptors (Lipinski definition) is 4. The average molecular weight is 338 g/mol. The molecule has 0 spiro atoms. The molecule has 1 aromatic carbocycles. The fraction of sp³-hybridized carbons (Fsp3) is 0.211. The number of carbonyl (C=O) groups is 3. The Morgan fingerprint density at radius 3 is 2.56 bits per heavy atom. The van der Waals surface area contributed by atoms with Crippen LogP contribution in [0.2, 0.25) is 0 Å². The summed E-state index contributed by atoms with van der Waals surface area (Å²) in [6, 6.07) is 8.89. The monoisotopic (exact) mass is 338 g/mol. The third kappa shape index (κ3) is 3.10. The van der Waals surface area contributed by atoms with Crippen molar-refractivity contribution in [3.05, 3.63) is 59.0 Å². The summed E-state index contributed by atoms with van der Waals surface area (Å²) in [6.07, 6.45) is 0.490. The van der Waals surface area contributed by atoms with Crippen LogP contribution in [0, 0.1) is 6.92 Å². The highest BCUT2D eigenvalue weighted by molar-refractivity contribution is 6.11. The van der Waals surface area contributed by atoms with Gasteiger partial charge in [-0.15, -0.1) is 0 Å². The van der Waals surface area contributed by atoms with Gasteiger partial charge in [0.05, 0.1) is 0 Å². The van der Waals surface area contributed by atoms with Crippen molar-refractivity contribution in [3.8, 4) is 0 Å². The molecule has 0 fully saturated rings. The van der Waals surface area contributed by atoms with Crippen LogP contribution in [0.1, 0.15) is 50.7 Å². The molecule has 6 nitrogen and oxygen atoms in total. The number of aromatic amines is 2. The van der Waals surface area contributed by atoms with Crippen LogP contribution < -0.4 is 0 Å². The molecule has 0 radical (unpaired) electrons. The minimum absolute atomic E-state index is 0.139. The standard InChI is InChI=1S/C19H18N2O4/c1-10-17(14-6-4-5-7-15(14)21-10)18(23)12(3)25-19(24)16-8-13(9-20-16)11(2)22/h4-9,12,20-21H,1-3H3/t12-/m0/s1. The van der Waals surface area contributed by atoms with Crippen LogP contribution >= 0.6 is 0 Å². The predicted molar refractivity (Wildman–Crippen MR) is 93.0 cm³/mol. The van der Waals surface area contributed by atoms with Gasteiger partial charge in [0.15, 0.2) is 11.9 Å². The Balaban J connectivity index is 1.81. The van der Waals surface area contributed by atoms with Crippen molar-refractivity contribution in [2.45, 2.75) is 26.9 Å². The van der Waals surface area contributed by atoms with E-state index in [-0.39, 0.29) is 17.3 Å². The van der Waals surface area contributed by atoms with Crippen LogP contribution in [0.3, 0.4) is 0 Å². The third-order valence-corrected chi connectivity index (χ3v) is 4.10. The highest BCUT2D eigenvalue weighted by Crippen LogP contribution is 2.24. The summed E-state index contributed by atoms with van der Waals surface area (Å²) < 4.78 is 5.27. The van der Waals surface area contributed by atoms with E-state index in [0.29, 0.717) is 11.1 Å². The second kappa shape index (κ2) is 6.39. The van der Waals surface area contributed by atoms with Gasteiger partial charge in [-0.05, 0) is 32.9 Å². The lowest BCUT2D eigenvalue weighted by molar-refractivity contribution is 0.0314. The Kier molecular flexibility index (Phi) is 4.27. The number of ether oxygens (including phenoxy) is 1. The number of hydrogen-bond donors (Lipinski definition) is 2. The lowest BCUT2D eigenvalue weighted by atomic mass is 10.0. The maximum Gasteiger partial charge on any atom is 0.355 e. The van der Waals surface area contributed by atoms with Gasteiger partial charge in [0, 0.05) is 33.9 Å². The van der Waals surface area contributed by atoms with E-state index in [9.17, 15) is 14.4 Å². The van der Waals surface area contributed by atoms with Crippen LogP contribution in [0.5, 0.6) is 0 Å². The first-order valence-electron chi connectivity index (χ1n) is 7.90. The van der Waals surface area contributed by atoms with Gasteiger partial charge in [-0.1, -0.05) is 18.2 Å². The molecule has 2 heterocycles. The van der Waals surface area contributed by atoms with E-state index in [1.54, 1.807) is 0 Å². The minimum Gasteiger partial charge on any atom is -0.450 e. The number of carbonyl (C=O) groups excluding carboxylic acids is 3. The number of aryl methyl sites for hydroxylation is 1. The molecule has 128 valence electrons. The highest BCUT2D eigenvalue weighted by atomic mass is 16.5. The van der Waals surface area contributed by atoms with Crippen molar-refractivity contribution >= 4 is 28.4 Å². The van der Waals surface area contributed by atoms with Gasteiger partial charge in [0.1, 0.15) is 5.69 Å². The van der Waals surface area contributed by atoms with Crippen molar-refractivity contribution in [3.63, 3.8) is 0 Å². The summed E-state index contributed by atoms with van der Waals surface area (Å²) in [5, 5.41) is 0.798. The Hall–Kier alpha value is -3.15. The molecule has 0 aliphatic heterocycles. The van der Waals surface area contributed by atoms with Crippen LogP contribution in [0.25, 0.3) is 10.9 Å². The van der Waals surface area contributed by atoms with Crippen molar-refractivity contribution < 1.29 is 19.1 Å². The largest absolute Gasteiger partial charge is 0.450 e. The molecule has 0 saturated carbocycles. The number of Topliss-reactive ketones (excluding diaryl/α,β-unsaturated/α-hetero) is 2. The fourth-order valence-corrected chi connectivity index (χ4v) is 2.79. The zero-order chi connectivity index (χ0) is 18.1. The number of esters is 1. The van der Waals surface area contributed by atoms with Crippen molar-refractivity contribution in [1.29, 1.82) is 0 Å². The Bertz CT molecular complexity index is 980. The summed E-state index contributed by atoms with van der Waals surface area (Å²) in [4.78, 5) is 42.1. The van der Waals surface area contributed by atoms with Crippen molar-refractivity contribution in [2.24, 2.45) is 0 Å². The first kappa shape index (κ1) is 16.7. The molecule has 3 rings (SSSR count). The lowest BCUT2D eigenvalue weighted by Gasteiger charge is -2.12. The number of H-pyrrole nitrogens is 2. The third-order valence-electron chi connectivity index (χ3n) is 4.10. The normalized spacial score (nSPS) is 12.1. The molecule has 0 aliphatic carbocycles. The second-order valence-electron chi connectivity index (χ2n) is 5.94. The molecule has 3 aromatic rings. The smallest absolute Gasteiger partial charge is 0.355 e. The summed E-state index contributed by atoms with van der Waals surface area (Å²) in [5.74, 6) is -1.11. The topological polar surface area (TPSA) is 92.0 Å². The summed E-state index contributed by atoms with van der Waals surface area (Å²) >= 11 is 0. The van der Waals surface area contributed by atoms with E-state index in [1.807, 2.05) is 31.2 Å². The Labute approximate surface area is 144 Å². The maximum atomic E-state index is 12.8. The molecule has 0 bridgehead atoms.